The minimum absolute atomic E-state index is 0.0238. The molecule has 3 aromatic heterocycles. The molecule has 0 unspecified atom stereocenters. The average molecular weight is 341 g/mol. The number of nitrogens with one attached hydrogen (secondary N) is 2. The molecule has 0 saturated carbocycles. The van der Waals surface area contributed by atoms with Crippen molar-refractivity contribution >= 4 is 23.2 Å². The minimum atomic E-state index is 0.0238. The quantitative estimate of drug-likeness (QED) is 0.618. The van der Waals surface area contributed by atoms with Gasteiger partial charge in [0.25, 0.3) is 0 Å². The summed E-state index contributed by atoms with van der Waals surface area (Å²) in [4.78, 5) is 20.4. The van der Waals surface area contributed by atoms with Crippen molar-refractivity contribution in [2.45, 2.75) is 12.5 Å². The third kappa shape index (κ3) is 4.42. The molecule has 1 atom stereocenters. The zero-order valence-electron chi connectivity index (χ0n) is 13.1. The van der Waals surface area contributed by atoms with E-state index in [1.54, 1.807) is 29.8 Å². The highest BCUT2D eigenvalue weighted by atomic mass is 32.1. The van der Waals surface area contributed by atoms with E-state index < -0.39 is 0 Å². The number of hydrogen-bond donors (Lipinski definition) is 2. The highest BCUT2D eigenvalue weighted by Gasteiger charge is 2.17. The molecule has 7 heteroatoms. The Balaban J connectivity index is 1.49. The maximum atomic E-state index is 12.3. The van der Waals surface area contributed by atoms with Gasteiger partial charge < -0.3 is 15.2 Å². The number of carbonyl (C=O) groups is 1. The first-order valence-corrected chi connectivity index (χ1v) is 8.69. The summed E-state index contributed by atoms with van der Waals surface area (Å²) in [5.41, 5.74) is 1.15. The van der Waals surface area contributed by atoms with Gasteiger partial charge in [-0.05, 0) is 40.6 Å². The van der Waals surface area contributed by atoms with E-state index in [-0.39, 0.29) is 11.9 Å². The summed E-state index contributed by atoms with van der Waals surface area (Å²) in [5, 5.41) is 10.1. The highest BCUT2D eigenvalue weighted by molar-refractivity contribution is 7.08. The average Bonchev–Trinajstić information content (AvgIpc) is 3.31. The fraction of sp³-hybridized carbons (Fsp3) is 0.235. The Hall–Kier alpha value is -2.67. The number of aromatic nitrogens is 3. The predicted octanol–water partition coefficient (Wildman–Crippen LogP) is 2.55. The van der Waals surface area contributed by atoms with Crippen LogP contribution in [0.3, 0.4) is 0 Å². The maximum Gasteiger partial charge on any atom is 0.222 e. The zero-order chi connectivity index (χ0) is 16.6. The third-order valence-electron chi connectivity index (χ3n) is 3.59. The topological polar surface area (TPSA) is 71.8 Å². The molecule has 124 valence electrons. The lowest BCUT2D eigenvalue weighted by Crippen LogP contribution is -2.31. The van der Waals surface area contributed by atoms with Gasteiger partial charge in [0.2, 0.25) is 11.9 Å². The summed E-state index contributed by atoms with van der Waals surface area (Å²) in [6.45, 7) is 1.11. The molecule has 0 fully saturated rings. The number of thiophene rings is 1. The molecule has 1 amide bonds. The lowest BCUT2D eigenvalue weighted by atomic mass is 10.1. The number of rotatable bonds is 8. The Morgan fingerprint density at radius 3 is 2.67 bits per heavy atom. The summed E-state index contributed by atoms with van der Waals surface area (Å²) >= 11 is 1.64. The van der Waals surface area contributed by atoms with Crippen LogP contribution in [0.25, 0.3) is 0 Å². The second-order valence-electron chi connectivity index (χ2n) is 5.26. The van der Waals surface area contributed by atoms with Crippen LogP contribution >= 0.6 is 11.3 Å². The summed E-state index contributed by atoms with van der Waals surface area (Å²) in [7, 11) is 0. The Kier molecular flexibility index (Phi) is 5.57. The highest BCUT2D eigenvalue weighted by Crippen LogP contribution is 2.24. The van der Waals surface area contributed by atoms with E-state index in [9.17, 15) is 4.79 Å². The number of nitrogens with zero attached hydrogens (tertiary/aromatic N) is 3. The first kappa shape index (κ1) is 16.2. The molecule has 0 radical (unpaired) electrons. The van der Waals surface area contributed by atoms with Gasteiger partial charge >= 0.3 is 0 Å². The summed E-state index contributed by atoms with van der Waals surface area (Å²) in [5.74, 6) is 0.589. The van der Waals surface area contributed by atoms with Crippen LogP contribution in [-0.4, -0.2) is 33.5 Å². The van der Waals surface area contributed by atoms with Crippen LogP contribution in [0.4, 0.5) is 5.95 Å². The lowest BCUT2D eigenvalue weighted by molar-refractivity contribution is -0.121. The van der Waals surface area contributed by atoms with E-state index in [4.69, 9.17) is 0 Å². The SMILES string of the molecule is O=C(C[C@H](c1ccsc1)n1cccc1)NCCNc1ncccn1. The summed E-state index contributed by atoms with van der Waals surface area (Å²) < 4.78 is 2.07. The molecule has 0 spiro atoms. The number of carbonyl (C=O) groups excluding carboxylic acids is 1. The van der Waals surface area contributed by atoms with E-state index in [1.807, 2.05) is 29.9 Å². The molecule has 0 aliphatic heterocycles. The van der Waals surface area contributed by atoms with Crippen LogP contribution < -0.4 is 10.6 Å². The largest absolute Gasteiger partial charge is 0.354 e. The molecule has 6 nitrogen and oxygen atoms in total. The van der Waals surface area contributed by atoms with Crippen molar-refractivity contribution in [2.24, 2.45) is 0 Å². The van der Waals surface area contributed by atoms with Crippen molar-refractivity contribution < 1.29 is 4.79 Å². The van der Waals surface area contributed by atoms with E-state index >= 15 is 0 Å². The van der Waals surface area contributed by atoms with Crippen molar-refractivity contribution in [3.8, 4) is 0 Å². The summed E-state index contributed by atoms with van der Waals surface area (Å²) in [6.07, 6.45) is 7.74. The van der Waals surface area contributed by atoms with Gasteiger partial charge in [-0.25, -0.2) is 9.97 Å². The molecule has 0 bridgehead atoms. The van der Waals surface area contributed by atoms with Gasteiger partial charge in [0.05, 0.1) is 12.5 Å². The molecule has 3 rings (SSSR count). The van der Waals surface area contributed by atoms with Gasteiger partial charge in [0.1, 0.15) is 0 Å². The number of anilines is 1. The Morgan fingerprint density at radius 2 is 1.96 bits per heavy atom. The van der Waals surface area contributed by atoms with Gasteiger partial charge in [-0.15, -0.1) is 0 Å². The lowest BCUT2D eigenvalue weighted by Gasteiger charge is -2.18. The molecule has 0 aliphatic carbocycles. The predicted molar refractivity (Wildman–Crippen MR) is 95.0 cm³/mol. The first-order valence-electron chi connectivity index (χ1n) is 7.75. The van der Waals surface area contributed by atoms with Crippen molar-refractivity contribution in [3.63, 3.8) is 0 Å². The monoisotopic (exact) mass is 341 g/mol. The number of amides is 1. The smallest absolute Gasteiger partial charge is 0.222 e. The molecule has 24 heavy (non-hydrogen) atoms. The van der Waals surface area contributed by atoms with E-state index in [0.717, 1.165) is 5.56 Å². The van der Waals surface area contributed by atoms with Crippen LogP contribution in [0, 0.1) is 0 Å². The second-order valence-corrected chi connectivity index (χ2v) is 6.04. The fourth-order valence-electron chi connectivity index (χ4n) is 2.43. The van der Waals surface area contributed by atoms with E-state index in [0.29, 0.717) is 25.5 Å². The van der Waals surface area contributed by atoms with Gasteiger partial charge in [-0.1, -0.05) is 0 Å². The van der Waals surface area contributed by atoms with Crippen LogP contribution in [0.2, 0.25) is 0 Å². The summed E-state index contributed by atoms with van der Waals surface area (Å²) in [6, 6.07) is 7.80. The van der Waals surface area contributed by atoms with E-state index in [1.165, 1.54) is 0 Å². The van der Waals surface area contributed by atoms with Crippen LogP contribution in [0.5, 0.6) is 0 Å². The molecular formula is C17H19N5OS. The first-order chi connectivity index (χ1) is 11.8. The second kappa shape index (κ2) is 8.26. The Labute approximate surface area is 144 Å². The van der Waals surface area contributed by atoms with Crippen molar-refractivity contribution in [1.29, 1.82) is 0 Å². The van der Waals surface area contributed by atoms with Gasteiger partial charge in [0, 0.05) is 37.9 Å². The standard InChI is InChI=1S/C17H19N5OS/c23-16(18-7-8-21-17-19-5-3-6-20-17)12-15(14-4-11-24-13-14)22-9-1-2-10-22/h1-6,9-11,13,15H,7-8,12H2,(H,18,23)(H,19,20,21)/t15-/m1/s1. The van der Waals surface area contributed by atoms with Crippen molar-refractivity contribution in [1.82, 2.24) is 19.9 Å². The fourth-order valence-corrected chi connectivity index (χ4v) is 3.14. The molecule has 0 saturated heterocycles. The normalized spacial score (nSPS) is 11.8. The molecule has 3 aromatic rings. The molecule has 0 aromatic carbocycles. The zero-order valence-corrected chi connectivity index (χ0v) is 13.9. The minimum Gasteiger partial charge on any atom is -0.354 e. The Bertz CT molecular complexity index is 693. The van der Waals surface area contributed by atoms with Crippen molar-refractivity contribution in [2.75, 3.05) is 18.4 Å². The van der Waals surface area contributed by atoms with E-state index in [2.05, 4.69) is 36.6 Å². The van der Waals surface area contributed by atoms with Gasteiger partial charge in [-0.2, -0.15) is 11.3 Å². The van der Waals surface area contributed by atoms with Crippen LogP contribution in [-0.2, 0) is 4.79 Å². The van der Waals surface area contributed by atoms with Crippen LogP contribution in [0.1, 0.15) is 18.0 Å². The van der Waals surface area contributed by atoms with Gasteiger partial charge in [-0.3, -0.25) is 4.79 Å². The number of hydrogen-bond acceptors (Lipinski definition) is 5. The molecule has 3 heterocycles. The Morgan fingerprint density at radius 1 is 1.17 bits per heavy atom. The molecule has 0 aliphatic rings. The third-order valence-corrected chi connectivity index (χ3v) is 4.29. The van der Waals surface area contributed by atoms with Crippen molar-refractivity contribution in [3.05, 3.63) is 65.4 Å². The van der Waals surface area contributed by atoms with Crippen LogP contribution in [0.15, 0.2) is 59.8 Å². The van der Waals surface area contributed by atoms with Gasteiger partial charge in [0.15, 0.2) is 0 Å². The molecular weight excluding hydrogens is 322 g/mol. The maximum absolute atomic E-state index is 12.3. The molecule has 2 N–H and O–H groups in total.